The van der Waals surface area contributed by atoms with Crippen LogP contribution in [0.15, 0.2) is 18.2 Å². The molecule has 30 heavy (non-hydrogen) atoms. The van der Waals surface area contributed by atoms with Crippen molar-refractivity contribution in [1.29, 1.82) is 0 Å². The first-order chi connectivity index (χ1) is 14.3. The van der Waals surface area contributed by atoms with Gasteiger partial charge in [-0.25, -0.2) is 4.79 Å². The molecule has 1 aromatic heterocycles. The number of aromatic nitrogens is 2. The van der Waals surface area contributed by atoms with Crippen LogP contribution < -0.4 is 24.3 Å². The number of fused-ring (bicyclic) bond motifs is 1. The summed E-state index contributed by atoms with van der Waals surface area (Å²) in [6.45, 7) is 8.08. The van der Waals surface area contributed by atoms with E-state index in [0.29, 0.717) is 31.2 Å². The third-order valence-electron chi connectivity index (χ3n) is 4.35. The number of ether oxygens (including phenoxy) is 5. The van der Waals surface area contributed by atoms with E-state index in [0.717, 1.165) is 6.04 Å². The zero-order valence-electron chi connectivity index (χ0n) is 17.9. The van der Waals surface area contributed by atoms with Gasteiger partial charge in [-0.3, -0.25) is 0 Å². The highest BCUT2D eigenvalue weighted by atomic mass is 28.3. The SMILES string of the molecule is COc1cc(OC)nc(Oc2ccc3c(c2C(=O)OCC[Si](C)(C)C)OCCN3)n1. The van der Waals surface area contributed by atoms with E-state index in [9.17, 15) is 4.79 Å². The van der Waals surface area contributed by atoms with Crippen molar-refractivity contribution in [3.05, 3.63) is 23.8 Å². The molecule has 1 N–H and O–H groups in total. The molecule has 0 aliphatic carbocycles. The van der Waals surface area contributed by atoms with Crippen molar-refractivity contribution in [3.63, 3.8) is 0 Å². The number of rotatable bonds is 8. The molecule has 1 aliphatic rings. The number of anilines is 1. The smallest absolute Gasteiger partial charge is 0.345 e. The summed E-state index contributed by atoms with van der Waals surface area (Å²) >= 11 is 0. The van der Waals surface area contributed by atoms with E-state index in [-0.39, 0.29) is 29.1 Å². The van der Waals surface area contributed by atoms with Crippen LogP contribution in [0.25, 0.3) is 0 Å². The zero-order valence-corrected chi connectivity index (χ0v) is 18.9. The van der Waals surface area contributed by atoms with Crippen LogP contribution in [-0.4, -0.2) is 58.0 Å². The van der Waals surface area contributed by atoms with Gasteiger partial charge in [0, 0.05) is 14.6 Å². The Morgan fingerprint density at radius 1 is 1.17 bits per heavy atom. The van der Waals surface area contributed by atoms with Crippen LogP contribution >= 0.6 is 0 Å². The standard InChI is InChI=1S/C20H27N3O6Si/c1-25-15-12-16(26-2)23-20(22-15)29-14-7-6-13-18(27-9-8-21-13)17(14)19(24)28-10-11-30(3,4)5/h6-7,12,21H,8-11H2,1-5H3. The molecule has 2 aromatic rings. The first kappa shape index (κ1) is 21.7. The second kappa shape index (κ2) is 9.20. The lowest BCUT2D eigenvalue weighted by molar-refractivity contribution is 0.0517. The number of hydrogen-bond donors (Lipinski definition) is 1. The van der Waals surface area contributed by atoms with Gasteiger partial charge >= 0.3 is 12.0 Å². The van der Waals surface area contributed by atoms with Crippen molar-refractivity contribution in [3.8, 4) is 29.3 Å². The number of nitrogens with zero attached hydrogens (tertiary/aromatic N) is 2. The summed E-state index contributed by atoms with van der Waals surface area (Å²) in [7, 11) is 1.61. The van der Waals surface area contributed by atoms with E-state index in [1.807, 2.05) is 0 Å². The van der Waals surface area contributed by atoms with E-state index in [4.69, 9.17) is 23.7 Å². The van der Waals surface area contributed by atoms with Crippen molar-refractivity contribution in [2.45, 2.75) is 25.7 Å². The fourth-order valence-corrected chi connectivity index (χ4v) is 3.44. The van der Waals surface area contributed by atoms with E-state index in [1.54, 1.807) is 12.1 Å². The quantitative estimate of drug-likeness (QED) is 0.494. The molecule has 0 saturated heterocycles. The number of carbonyl (C=O) groups excluding carboxylic acids is 1. The third kappa shape index (κ3) is 5.32. The molecule has 0 amide bonds. The van der Waals surface area contributed by atoms with Crippen LogP contribution in [0.2, 0.25) is 25.7 Å². The molecule has 162 valence electrons. The first-order valence-corrected chi connectivity index (χ1v) is 13.4. The van der Waals surface area contributed by atoms with E-state index in [2.05, 4.69) is 34.9 Å². The Hall–Kier alpha value is -3.01. The normalized spacial score (nSPS) is 12.8. The monoisotopic (exact) mass is 433 g/mol. The Morgan fingerprint density at radius 2 is 1.87 bits per heavy atom. The van der Waals surface area contributed by atoms with Crippen molar-refractivity contribution in [2.75, 3.05) is 39.3 Å². The Bertz CT molecular complexity index is 894. The molecule has 0 atom stereocenters. The number of nitrogens with one attached hydrogen (secondary N) is 1. The largest absolute Gasteiger partial charge is 0.489 e. The van der Waals surface area contributed by atoms with Crippen molar-refractivity contribution in [2.24, 2.45) is 0 Å². The second-order valence-corrected chi connectivity index (χ2v) is 13.5. The minimum Gasteiger partial charge on any atom is -0.489 e. The Labute approximate surface area is 176 Å². The average molecular weight is 434 g/mol. The number of methoxy groups -OCH3 is 2. The van der Waals surface area contributed by atoms with Crippen LogP contribution in [0.4, 0.5) is 5.69 Å². The highest BCUT2D eigenvalue weighted by Crippen LogP contribution is 2.39. The van der Waals surface area contributed by atoms with E-state index in [1.165, 1.54) is 20.3 Å². The summed E-state index contributed by atoms with van der Waals surface area (Å²) in [6.07, 6.45) is 0. The molecular formula is C20H27N3O6Si. The molecule has 1 aromatic carbocycles. The maximum atomic E-state index is 13.0. The van der Waals surface area contributed by atoms with Crippen molar-refractivity contribution < 1.29 is 28.5 Å². The van der Waals surface area contributed by atoms with Gasteiger partial charge in [0.2, 0.25) is 11.8 Å². The molecule has 3 rings (SSSR count). The first-order valence-electron chi connectivity index (χ1n) is 9.66. The molecule has 0 spiro atoms. The predicted molar refractivity (Wildman–Crippen MR) is 114 cm³/mol. The lowest BCUT2D eigenvalue weighted by Gasteiger charge is -2.23. The number of hydrogen-bond acceptors (Lipinski definition) is 9. The van der Waals surface area contributed by atoms with Crippen molar-refractivity contribution >= 4 is 19.7 Å². The van der Waals surface area contributed by atoms with E-state index >= 15 is 0 Å². The summed E-state index contributed by atoms with van der Waals surface area (Å²) in [5.74, 6) is 0.648. The molecule has 0 bridgehead atoms. The molecule has 1 aliphatic heterocycles. The molecule has 10 heteroatoms. The topological polar surface area (TPSA) is 101 Å². The summed E-state index contributed by atoms with van der Waals surface area (Å²) in [5.41, 5.74) is 0.899. The minimum absolute atomic E-state index is 0.0222. The van der Waals surface area contributed by atoms with Crippen LogP contribution in [0.3, 0.4) is 0 Å². The molecule has 0 saturated carbocycles. The lowest BCUT2D eigenvalue weighted by Crippen LogP contribution is -2.24. The summed E-state index contributed by atoms with van der Waals surface area (Å²) in [4.78, 5) is 21.3. The highest BCUT2D eigenvalue weighted by Gasteiger charge is 2.27. The summed E-state index contributed by atoms with van der Waals surface area (Å²) < 4.78 is 27.5. The molecule has 2 heterocycles. The van der Waals surface area contributed by atoms with Gasteiger partial charge in [0.1, 0.15) is 17.9 Å². The Kier molecular flexibility index (Phi) is 6.65. The predicted octanol–water partition coefficient (Wildman–Crippen LogP) is 3.59. The molecule has 0 fully saturated rings. The average Bonchev–Trinajstić information content (AvgIpc) is 2.72. The van der Waals surface area contributed by atoms with Crippen LogP contribution in [0.1, 0.15) is 10.4 Å². The fourth-order valence-electron chi connectivity index (χ4n) is 2.73. The summed E-state index contributed by atoms with van der Waals surface area (Å²) in [6, 6.07) is 5.80. The molecule has 9 nitrogen and oxygen atoms in total. The van der Waals surface area contributed by atoms with Gasteiger partial charge in [0.15, 0.2) is 5.75 Å². The third-order valence-corrected chi connectivity index (χ3v) is 6.05. The number of esters is 1. The van der Waals surface area contributed by atoms with E-state index < -0.39 is 14.0 Å². The second-order valence-electron chi connectivity index (χ2n) is 7.87. The lowest BCUT2D eigenvalue weighted by atomic mass is 10.1. The maximum absolute atomic E-state index is 13.0. The van der Waals surface area contributed by atoms with Gasteiger partial charge in [0.05, 0.1) is 32.6 Å². The van der Waals surface area contributed by atoms with Crippen LogP contribution in [-0.2, 0) is 4.74 Å². The molecule has 0 radical (unpaired) electrons. The molecule has 0 unspecified atom stereocenters. The number of carbonyl (C=O) groups is 1. The Balaban J connectivity index is 1.93. The fraction of sp³-hybridized carbons (Fsp3) is 0.450. The summed E-state index contributed by atoms with van der Waals surface area (Å²) in [5, 5.41) is 3.21. The van der Waals surface area contributed by atoms with Gasteiger partial charge < -0.3 is 29.0 Å². The van der Waals surface area contributed by atoms with Crippen LogP contribution in [0.5, 0.6) is 29.3 Å². The van der Waals surface area contributed by atoms with Crippen LogP contribution in [0, 0.1) is 0 Å². The highest BCUT2D eigenvalue weighted by molar-refractivity contribution is 6.76. The van der Waals surface area contributed by atoms with Gasteiger partial charge in [-0.15, -0.1) is 0 Å². The minimum atomic E-state index is -1.35. The van der Waals surface area contributed by atoms with Crippen molar-refractivity contribution in [1.82, 2.24) is 9.97 Å². The van der Waals surface area contributed by atoms with Gasteiger partial charge in [-0.2, -0.15) is 9.97 Å². The zero-order chi connectivity index (χ0) is 21.7. The Morgan fingerprint density at radius 3 is 2.50 bits per heavy atom. The van der Waals surface area contributed by atoms with Gasteiger partial charge in [-0.1, -0.05) is 19.6 Å². The maximum Gasteiger partial charge on any atom is 0.345 e. The number of benzene rings is 1. The molecular weight excluding hydrogens is 406 g/mol. The van der Waals surface area contributed by atoms with Gasteiger partial charge in [0.25, 0.3) is 0 Å². The van der Waals surface area contributed by atoms with Gasteiger partial charge in [-0.05, 0) is 18.2 Å².